The average molecular weight is 439 g/mol. The molecule has 31 heavy (non-hydrogen) atoms. The number of carboxylic acid groups (broad SMARTS) is 1. The van der Waals surface area contributed by atoms with Gasteiger partial charge in [-0.25, -0.2) is 4.79 Å². The SMILES string of the molecule is COc1ccc(CC(OC(C)C)C(=O)O)cc1NC(=O)Cc1ccc(C(F)(F)F)cc1. The zero-order valence-electron chi connectivity index (χ0n) is 17.3. The predicted molar refractivity (Wildman–Crippen MR) is 108 cm³/mol. The standard InChI is InChI=1S/C22H24F3NO5/c1-13(2)31-19(21(28)29)11-15-6-9-18(30-3)17(10-15)26-20(27)12-14-4-7-16(8-5-14)22(23,24)25/h4-10,13,19H,11-12H2,1-3H3,(H,26,27)(H,28,29). The largest absolute Gasteiger partial charge is 0.495 e. The molecule has 0 bridgehead atoms. The van der Waals surface area contributed by atoms with Crippen molar-refractivity contribution >= 4 is 17.6 Å². The minimum absolute atomic E-state index is 0.0826. The molecule has 0 aliphatic rings. The lowest BCUT2D eigenvalue weighted by atomic mass is 10.1. The molecule has 2 rings (SSSR count). The lowest BCUT2D eigenvalue weighted by Gasteiger charge is -2.18. The summed E-state index contributed by atoms with van der Waals surface area (Å²) in [5, 5.41) is 12.0. The fourth-order valence-electron chi connectivity index (χ4n) is 2.91. The Hall–Kier alpha value is -3.07. The molecule has 9 heteroatoms. The number of carbonyl (C=O) groups excluding carboxylic acids is 1. The van der Waals surface area contributed by atoms with E-state index in [2.05, 4.69) is 5.32 Å². The molecular formula is C22H24F3NO5. The number of hydrogen-bond acceptors (Lipinski definition) is 4. The zero-order valence-corrected chi connectivity index (χ0v) is 17.3. The van der Waals surface area contributed by atoms with Crippen molar-refractivity contribution in [2.45, 2.75) is 45.1 Å². The summed E-state index contributed by atoms with van der Waals surface area (Å²) >= 11 is 0. The van der Waals surface area contributed by atoms with Gasteiger partial charge < -0.3 is 19.9 Å². The molecule has 0 aliphatic heterocycles. The molecule has 0 saturated heterocycles. The molecule has 2 aromatic rings. The van der Waals surface area contributed by atoms with Gasteiger partial charge in [0.1, 0.15) is 5.75 Å². The summed E-state index contributed by atoms with van der Waals surface area (Å²) in [5.41, 5.74) is 0.559. The fraction of sp³-hybridized carbons (Fsp3) is 0.364. The van der Waals surface area contributed by atoms with Crippen molar-refractivity contribution in [3.8, 4) is 5.75 Å². The minimum Gasteiger partial charge on any atom is -0.495 e. The third-order valence-corrected chi connectivity index (χ3v) is 4.32. The van der Waals surface area contributed by atoms with Crippen LogP contribution in [0.2, 0.25) is 0 Å². The van der Waals surface area contributed by atoms with Gasteiger partial charge in [-0.3, -0.25) is 4.79 Å². The Morgan fingerprint density at radius 1 is 1.06 bits per heavy atom. The number of benzene rings is 2. The molecule has 0 fully saturated rings. The Labute approximate surface area is 178 Å². The summed E-state index contributed by atoms with van der Waals surface area (Å²) in [4.78, 5) is 23.8. The van der Waals surface area contributed by atoms with Gasteiger partial charge in [0.25, 0.3) is 0 Å². The topological polar surface area (TPSA) is 84.9 Å². The van der Waals surface area contributed by atoms with Crippen molar-refractivity contribution in [2.24, 2.45) is 0 Å². The van der Waals surface area contributed by atoms with Gasteiger partial charge in [-0.15, -0.1) is 0 Å². The molecule has 168 valence electrons. The van der Waals surface area contributed by atoms with E-state index < -0.39 is 29.7 Å². The van der Waals surface area contributed by atoms with Crippen LogP contribution in [0.1, 0.15) is 30.5 Å². The van der Waals surface area contributed by atoms with E-state index in [4.69, 9.17) is 9.47 Å². The van der Waals surface area contributed by atoms with E-state index >= 15 is 0 Å². The van der Waals surface area contributed by atoms with Gasteiger partial charge in [-0.1, -0.05) is 18.2 Å². The van der Waals surface area contributed by atoms with Crippen molar-refractivity contribution in [1.29, 1.82) is 0 Å². The van der Waals surface area contributed by atoms with Gasteiger partial charge in [0, 0.05) is 6.42 Å². The van der Waals surface area contributed by atoms with Crippen LogP contribution in [0.3, 0.4) is 0 Å². The third kappa shape index (κ3) is 7.29. The highest BCUT2D eigenvalue weighted by Crippen LogP contribution is 2.29. The summed E-state index contributed by atoms with van der Waals surface area (Å²) in [5.74, 6) is -1.19. The zero-order chi connectivity index (χ0) is 23.2. The van der Waals surface area contributed by atoms with Crippen LogP contribution in [0.15, 0.2) is 42.5 Å². The molecule has 0 radical (unpaired) electrons. The van der Waals surface area contributed by atoms with E-state index in [1.165, 1.54) is 19.2 Å². The number of alkyl halides is 3. The first kappa shape index (κ1) is 24.2. The number of nitrogens with one attached hydrogen (secondary N) is 1. The molecule has 0 aliphatic carbocycles. The molecule has 1 amide bonds. The number of hydrogen-bond donors (Lipinski definition) is 2. The Morgan fingerprint density at radius 3 is 2.19 bits per heavy atom. The average Bonchev–Trinajstić information content (AvgIpc) is 2.67. The Morgan fingerprint density at radius 2 is 1.68 bits per heavy atom. The summed E-state index contributed by atoms with van der Waals surface area (Å²) < 4.78 is 48.6. The van der Waals surface area contributed by atoms with Crippen molar-refractivity contribution in [3.05, 3.63) is 59.2 Å². The highest BCUT2D eigenvalue weighted by atomic mass is 19.4. The normalized spacial score (nSPS) is 12.5. The van der Waals surface area contributed by atoms with Gasteiger partial charge in [-0.05, 0) is 49.2 Å². The molecule has 0 spiro atoms. The number of carboxylic acids is 1. The quantitative estimate of drug-likeness (QED) is 0.608. The molecule has 0 saturated carbocycles. The molecule has 2 aromatic carbocycles. The maximum absolute atomic E-state index is 12.7. The van der Waals surface area contributed by atoms with Gasteiger partial charge in [0.2, 0.25) is 5.91 Å². The predicted octanol–water partition coefficient (Wildman–Crippen LogP) is 4.32. The van der Waals surface area contributed by atoms with E-state index in [0.29, 0.717) is 22.6 Å². The number of halogens is 3. The van der Waals surface area contributed by atoms with Crippen LogP contribution in [-0.4, -0.2) is 36.3 Å². The lowest BCUT2D eigenvalue weighted by Crippen LogP contribution is -2.29. The van der Waals surface area contributed by atoms with Gasteiger partial charge in [-0.2, -0.15) is 13.2 Å². The highest BCUT2D eigenvalue weighted by molar-refractivity contribution is 5.93. The van der Waals surface area contributed by atoms with Crippen LogP contribution < -0.4 is 10.1 Å². The smallest absolute Gasteiger partial charge is 0.416 e. The Bertz CT molecular complexity index is 910. The summed E-state index contributed by atoms with van der Waals surface area (Å²) in [6.07, 6.45) is -5.83. The summed E-state index contributed by atoms with van der Waals surface area (Å²) in [6.45, 7) is 3.47. The van der Waals surface area contributed by atoms with Crippen LogP contribution >= 0.6 is 0 Å². The van der Waals surface area contributed by atoms with Crippen LogP contribution in [-0.2, 0) is 33.3 Å². The number of ether oxygens (including phenoxy) is 2. The Kier molecular flexibility index (Phi) is 8.04. The van der Waals surface area contributed by atoms with E-state index in [-0.39, 0.29) is 18.9 Å². The lowest BCUT2D eigenvalue weighted by molar-refractivity contribution is -0.153. The number of anilines is 1. The van der Waals surface area contributed by atoms with Gasteiger partial charge >= 0.3 is 12.1 Å². The molecule has 0 aromatic heterocycles. The molecule has 1 unspecified atom stereocenters. The number of aliphatic carboxylic acids is 1. The molecule has 0 heterocycles. The monoisotopic (exact) mass is 439 g/mol. The van der Waals surface area contributed by atoms with Crippen molar-refractivity contribution in [3.63, 3.8) is 0 Å². The van der Waals surface area contributed by atoms with Crippen LogP contribution in [0, 0.1) is 0 Å². The minimum atomic E-state index is -4.44. The Balaban J connectivity index is 2.13. The first-order valence-corrected chi connectivity index (χ1v) is 9.50. The number of amides is 1. The fourth-order valence-corrected chi connectivity index (χ4v) is 2.91. The number of rotatable bonds is 9. The van der Waals surface area contributed by atoms with Crippen LogP contribution in [0.4, 0.5) is 18.9 Å². The van der Waals surface area contributed by atoms with E-state index in [9.17, 15) is 27.9 Å². The van der Waals surface area contributed by atoms with E-state index in [1.54, 1.807) is 32.0 Å². The van der Waals surface area contributed by atoms with Gasteiger partial charge in [0.15, 0.2) is 6.10 Å². The van der Waals surface area contributed by atoms with Crippen LogP contribution in [0.5, 0.6) is 5.75 Å². The highest BCUT2D eigenvalue weighted by Gasteiger charge is 2.30. The second-order valence-electron chi connectivity index (χ2n) is 7.17. The molecular weight excluding hydrogens is 415 g/mol. The van der Waals surface area contributed by atoms with Gasteiger partial charge in [0.05, 0.1) is 30.9 Å². The second kappa shape index (κ2) is 10.3. The van der Waals surface area contributed by atoms with Crippen molar-refractivity contribution in [2.75, 3.05) is 12.4 Å². The third-order valence-electron chi connectivity index (χ3n) is 4.32. The first-order chi connectivity index (χ1) is 14.5. The molecule has 2 N–H and O–H groups in total. The first-order valence-electron chi connectivity index (χ1n) is 9.50. The molecule has 1 atom stereocenters. The second-order valence-corrected chi connectivity index (χ2v) is 7.17. The van der Waals surface area contributed by atoms with E-state index in [0.717, 1.165) is 12.1 Å². The summed E-state index contributed by atoms with van der Waals surface area (Å²) in [6, 6.07) is 9.19. The summed E-state index contributed by atoms with van der Waals surface area (Å²) in [7, 11) is 1.42. The van der Waals surface area contributed by atoms with E-state index in [1.807, 2.05) is 0 Å². The maximum atomic E-state index is 12.7. The molecule has 6 nitrogen and oxygen atoms in total. The number of carbonyl (C=O) groups is 2. The van der Waals surface area contributed by atoms with Crippen LogP contribution in [0.25, 0.3) is 0 Å². The number of methoxy groups -OCH3 is 1. The van der Waals surface area contributed by atoms with Crippen molar-refractivity contribution < 1.29 is 37.3 Å². The maximum Gasteiger partial charge on any atom is 0.416 e. The van der Waals surface area contributed by atoms with Crippen molar-refractivity contribution in [1.82, 2.24) is 0 Å².